The molecule has 2 N–H and O–H groups in total. The summed E-state index contributed by atoms with van der Waals surface area (Å²) in [5.41, 5.74) is 1.42. The van der Waals surface area contributed by atoms with Gasteiger partial charge in [0.2, 0.25) is 0 Å². The van der Waals surface area contributed by atoms with Crippen molar-refractivity contribution in [3.8, 4) is 0 Å². The summed E-state index contributed by atoms with van der Waals surface area (Å²) in [5.74, 6) is 1.92. The SMILES string of the molecule is CCc1c(NC)ncnc1NC1(C)CCC1. The van der Waals surface area contributed by atoms with Crippen LogP contribution in [0.15, 0.2) is 6.33 Å². The fraction of sp³-hybridized carbons (Fsp3) is 0.667. The molecular formula is C12H20N4. The Kier molecular flexibility index (Phi) is 2.99. The zero-order valence-electron chi connectivity index (χ0n) is 10.3. The second-order valence-corrected chi connectivity index (χ2v) is 4.69. The molecule has 1 fully saturated rings. The lowest BCUT2D eigenvalue weighted by Gasteiger charge is -2.40. The van der Waals surface area contributed by atoms with Gasteiger partial charge >= 0.3 is 0 Å². The van der Waals surface area contributed by atoms with E-state index in [-0.39, 0.29) is 5.54 Å². The van der Waals surface area contributed by atoms with Gasteiger partial charge < -0.3 is 10.6 Å². The molecule has 1 saturated carbocycles. The molecule has 2 rings (SSSR count). The molecule has 0 radical (unpaired) electrons. The predicted octanol–water partition coefficient (Wildman–Crippen LogP) is 2.44. The molecule has 0 bridgehead atoms. The summed E-state index contributed by atoms with van der Waals surface area (Å²) in [6, 6.07) is 0. The average molecular weight is 220 g/mol. The van der Waals surface area contributed by atoms with Gasteiger partial charge in [-0.2, -0.15) is 0 Å². The van der Waals surface area contributed by atoms with Gasteiger partial charge in [0.25, 0.3) is 0 Å². The van der Waals surface area contributed by atoms with Crippen molar-refractivity contribution in [1.82, 2.24) is 9.97 Å². The van der Waals surface area contributed by atoms with E-state index in [1.807, 2.05) is 7.05 Å². The van der Waals surface area contributed by atoms with Crippen molar-refractivity contribution in [1.29, 1.82) is 0 Å². The molecule has 0 aromatic carbocycles. The van der Waals surface area contributed by atoms with E-state index < -0.39 is 0 Å². The van der Waals surface area contributed by atoms with Crippen molar-refractivity contribution in [2.24, 2.45) is 0 Å². The van der Waals surface area contributed by atoms with Gasteiger partial charge in [-0.05, 0) is 32.6 Å². The minimum Gasteiger partial charge on any atom is -0.373 e. The van der Waals surface area contributed by atoms with Crippen LogP contribution in [0.4, 0.5) is 11.6 Å². The molecule has 1 heterocycles. The van der Waals surface area contributed by atoms with Gasteiger partial charge in [-0.3, -0.25) is 0 Å². The minimum absolute atomic E-state index is 0.239. The van der Waals surface area contributed by atoms with E-state index >= 15 is 0 Å². The Morgan fingerprint density at radius 2 is 2.00 bits per heavy atom. The van der Waals surface area contributed by atoms with Gasteiger partial charge in [-0.15, -0.1) is 0 Å². The zero-order chi connectivity index (χ0) is 11.6. The molecular weight excluding hydrogens is 200 g/mol. The van der Waals surface area contributed by atoms with Gasteiger partial charge in [-0.1, -0.05) is 6.92 Å². The number of rotatable bonds is 4. The van der Waals surface area contributed by atoms with Crippen molar-refractivity contribution in [3.05, 3.63) is 11.9 Å². The Labute approximate surface area is 96.9 Å². The fourth-order valence-corrected chi connectivity index (χ4v) is 2.19. The van der Waals surface area contributed by atoms with Crippen LogP contribution in [0.1, 0.15) is 38.7 Å². The monoisotopic (exact) mass is 220 g/mol. The normalized spacial score (nSPS) is 17.7. The van der Waals surface area contributed by atoms with E-state index in [1.54, 1.807) is 6.33 Å². The van der Waals surface area contributed by atoms with E-state index in [4.69, 9.17) is 0 Å². The van der Waals surface area contributed by atoms with Gasteiger partial charge in [0, 0.05) is 18.2 Å². The summed E-state index contributed by atoms with van der Waals surface area (Å²) < 4.78 is 0. The molecule has 0 spiro atoms. The molecule has 0 aliphatic heterocycles. The highest BCUT2D eigenvalue weighted by atomic mass is 15.1. The van der Waals surface area contributed by atoms with E-state index in [1.165, 1.54) is 24.8 Å². The van der Waals surface area contributed by atoms with Crippen LogP contribution in [0, 0.1) is 0 Å². The van der Waals surface area contributed by atoms with E-state index in [0.717, 1.165) is 18.1 Å². The number of nitrogens with one attached hydrogen (secondary N) is 2. The summed E-state index contributed by atoms with van der Waals surface area (Å²) in [7, 11) is 1.90. The first-order chi connectivity index (χ1) is 7.68. The maximum Gasteiger partial charge on any atom is 0.135 e. The number of hydrogen-bond donors (Lipinski definition) is 2. The maximum atomic E-state index is 4.36. The van der Waals surface area contributed by atoms with E-state index in [2.05, 4.69) is 34.4 Å². The molecule has 16 heavy (non-hydrogen) atoms. The standard InChI is InChI=1S/C12H20N4/c1-4-9-10(13-3)14-8-15-11(9)16-12(2)6-5-7-12/h8H,4-7H2,1-3H3,(H2,13,14,15,16). The molecule has 1 aromatic heterocycles. The van der Waals surface area contributed by atoms with Crippen LogP contribution in [0.5, 0.6) is 0 Å². The number of aromatic nitrogens is 2. The summed E-state index contributed by atoms with van der Waals surface area (Å²) in [6.45, 7) is 4.39. The third kappa shape index (κ3) is 1.96. The lowest BCUT2D eigenvalue weighted by atomic mass is 9.78. The molecule has 0 saturated heterocycles. The van der Waals surface area contributed by atoms with Crippen LogP contribution in [-0.4, -0.2) is 22.6 Å². The fourth-order valence-electron chi connectivity index (χ4n) is 2.19. The minimum atomic E-state index is 0.239. The highest BCUT2D eigenvalue weighted by molar-refractivity contribution is 5.58. The first-order valence-corrected chi connectivity index (χ1v) is 5.98. The smallest absolute Gasteiger partial charge is 0.135 e. The zero-order valence-corrected chi connectivity index (χ0v) is 10.3. The van der Waals surface area contributed by atoms with Crippen molar-refractivity contribution >= 4 is 11.6 Å². The Hall–Kier alpha value is -1.32. The molecule has 1 aliphatic rings. The van der Waals surface area contributed by atoms with Crippen LogP contribution < -0.4 is 10.6 Å². The number of nitrogens with zero attached hydrogens (tertiary/aromatic N) is 2. The second-order valence-electron chi connectivity index (χ2n) is 4.69. The van der Waals surface area contributed by atoms with Crippen LogP contribution in [0.25, 0.3) is 0 Å². The Morgan fingerprint density at radius 1 is 1.31 bits per heavy atom. The van der Waals surface area contributed by atoms with Crippen molar-refractivity contribution in [2.75, 3.05) is 17.7 Å². The lowest BCUT2D eigenvalue weighted by molar-refractivity contribution is 0.305. The molecule has 1 aliphatic carbocycles. The molecule has 4 heteroatoms. The second kappa shape index (κ2) is 4.28. The topological polar surface area (TPSA) is 49.8 Å². The van der Waals surface area contributed by atoms with E-state index in [9.17, 15) is 0 Å². The first kappa shape index (κ1) is 11.2. The summed E-state index contributed by atoms with van der Waals surface area (Å²) in [4.78, 5) is 8.60. The largest absolute Gasteiger partial charge is 0.373 e. The molecule has 4 nitrogen and oxygen atoms in total. The highest BCUT2D eigenvalue weighted by Gasteiger charge is 2.32. The van der Waals surface area contributed by atoms with Gasteiger partial charge in [0.1, 0.15) is 18.0 Å². The summed E-state index contributed by atoms with van der Waals surface area (Å²) in [6.07, 6.45) is 6.34. The van der Waals surface area contributed by atoms with Crippen molar-refractivity contribution in [2.45, 2.75) is 45.1 Å². The van der Waals surface area contributed by atoms with Gasteiger partial charge in [-0.25, -0.2) is 9.97 Å². The van der Waals surface area contributed by atoms with Crippen molar-refractivity contribution in [3.63, 3.8) is 0 Å². The molecule has 0 amide bonds. The number of hydrogen-bond acceptors (Lipinski definition) is 4. The van der Waals surface area contributed by atoms with Crippen molar-refractivity contribution < 1.29 is 0 Å². The van der Waals surface area contributed by atoms with Crippen LogP contribution in [-0.2, 0) is 6.42 Å². The molecule has 88 valence electrons. The third-order valence-corrected chi connectivity index (χ3v) is 3.41. The Balaban J connectivity index is 2.25. The molecule has 0 atom stereocenters. The Morgan fingerprint density at radius 3 is 2.50 bits per heavy atom. The van der Waals surface area contributed by atoms with Crippen LogP contribution in [0.2, 0.25) is 0 Å². The van der Waals surface area contributed by atoms with E-state index in [0.29, 0.717) is 0 Å². The van der Waals surface area contributed by atoms with Gasteiger partial charge in [0.15, 0.2) is 0 Å². The summed E-state index contributed by atoms with van der Waals surface area (Å²) in [5, 5.41) is 6.68. The summed E-state index contributed by atoms with van der Waals surface area (Å²) >= 11 is 0. The highest BCUT2D eigenvalue weighted by Crippen LogP contribution is 2.35. The van der Waals surface area contributed by atoms with Crippen LogP contribution >= 0.6 is 0 Å². The number of anilines is 2. The average Bonchev–Trinajstić information content (AvgIpc) is 2.26. The predicted molar refractivity (Wildman–Crippen MR) is 66.8 cm³/mol. The maximum absolute atomic E-state index is 4.36. The third-order valence-electron chi connectivity index (χ3n) is 3.41. The Bertz CT molecular complexity index is 371. The lowest BCUT2D eigenvalue weighted by Crippen LogP contribution is -2.42. The van der Waals surface area contributed by atoms with Gasteiger partial charge in [0.05, 0.1) is 0 Å². The molecule has 1 aromatic rings. The first-order valence-electron chi connectivity index (χ1n) is 5.98. The van der Waals surface area contributed by atoms with Crippen LogP contribution in [0.3, 0.4) is 0 Å². The quantitative estimate of drug-likeness (QED) is 0.818. The molecule has 0 unspecified atom stereocenters.